The van der Waals surface area contributed by atoms with Crippen LogP contribution < -0.4 is 14.9 Å². The summed E-state index contributed by atoms with van der Waals surface area (Å²) >= 11 is 0. The van der Waals surface area contributed by atoms with Crippen molar-refractivity contribution >= 4 is 33.2 Å². The Kier molecular flexibility index (Phi) is 4.32. The molecule has 130 valence electrons. The molecule has 2 aromatic rings. The number of Topliss-reactive ketones (excluding diaryl/α,β-unsaturated/α-hetero) is 1. The van der Waals surface area contributed by atoms with E-state index in [1.165, 1.54) is 19.1 Å². The first-order valence-corrected chi connectivity index (χ1v) is 9.15. The Hall–Kier alpha value is -2.71. The smallest absolute Gasteiger partial charge is 0.295 e. The number of ketones is 1. The zero-order valence-electron chi connectivity index (χ0n) is 13.5. The van der Waals surface area contributed by atoms with Crippen LogP contribution in [0.15, 0.2) is 53.4 Å². The van der Waals surface area contributed by atoms with Crippen LogP contribution in [0.2, 0.25) is 0 Å². The molecule has 1 aliphatic rings. The quantitative estimate of drug-likeness (QED) is 0.844. The Labute approximate surface area is 145 Å². The second-order valence-electron chi connectivity index (χ2n) is 5.73. The molecule has 1 aliphatic heterocycles. The molecule has 0 atom stereocenters. The molecule has 7 nitrogen and oxygen atoms in total. The van der Waals surface area contributed by atoms with E-state index in [-0.39, 0.29) is 16.7 Å². The van der Waals surface area contributed by atoms with Crippen LogP contribution in [0.5, 0.6) is 0 Å². The zero-order valence-corrected chi connectivity index (χ0v) is 14.4. The van der Waals surface area contributed by atoms with E-state index in [9.17, 15) is 18.0 Å². The Morgan fingerprint density at radius 1 is 0.920 bits per heavy atom. The molecule has 1 saturated heterocycles. The lowest BCUT2D eigenvalue weighted by Gasteiger charge is -2.19. The molecule has 0 aromatic heterocycles. The Morgan fingerprint density at radius 2 is 1.36 bits per heavy atom. The van der Waals surface area contributed by atoms with Gasteiger partial charge in [0, 0.05) is 30.0 Å². The van der Waals surface area contributed by atoms with E-state index < -0.39 is 10.0 Å². The predicted octanol–water partition coefficient (Wildman–Crippen LogP) is 1.98. The fraction of sp³-hybridized carbons (Fsp3) is 0.176. The van der Waals surface area contributed by atoms with Gasteiger partial charge in [-0.05, 0) is 55.5 Å². The average Bonchev–Trinajstić information content (AvgIpc) is 2.96. The number of sulfonamides is 1. The molecule has 2 amide bonds. The van der Waals surface area contributed by atoms with Crippen LogP contribution in [0.4, 0.5) is 16.2 Å². The van der Waals surface area contributed by atoms with Crippen LogP contribution in [0, 0.1) is 0 Å². The summed E-state index contributed by atoms with van der Waals surface area (Å²) in [6.45, 7) is 2.46. The van der Waals surface area contributed by atoms with Crippen molar-refractivity contribution in [3.8, 4) is 0 Å². The fourth-order valence-electron chi connectivity index (χ4n) is 2.71. The molecule has 2 N–H and O–H groups in total. The van der Waals surface area contributed by atoms with Gasteiger partial charge in [-0.25, -0.2) is 18.4 Å². The highest BCUT2D eigenvalue weighted by Gasteiger charge is 2.30. The first kappa shape index (κ1) is 17.1. The van der Waals surface area contributed by atoms with Gasteiger partial charge in [-0.3, -0.25) is 14.6 Å². The minimum Gasteiger partial charge on any atom is -0.295 e. The normalized spacial score (nSPS) is 14.9. The van der Waals surface area contributed by atoms with Crippen LogP contribution in [0.25, 0.3) is 0 Å². The van der Waals surface area contributed by atoms with E-state index in [0.29, 0.717) is 30.0 Å². The van der Waals surface area contributed by atoms with Crippen molar-refractivity contribution in [2.75, 3.05) is 22.9 Å². The number of hydrogen-bond donors (Lipinski definition) is 1. The number of hydrogen-bond acceptors (Lipinski definition) is 4. The third-order valence-corrected chi connectivity index (χ3v) is 5.00. The van der Waals surface area contributed by atoms with Gasteiger partial charge >= 0.3 is 6.03 Å². The number of carbonyl (C=O) groups excluding carboxylic acids is 2. The third kappa shape index (κ3) is 3.40. The van der Waals surface area contributed by atoms with Crippen LogP contribution >= 0.6 is 0 Å². The molecule has 0 bridgehead atoms. The molecule has 0 unspecified atom stereocenters. The number of benzene rings is 2. The highest BCUT2D eigenvalue weighted by atomic mass is 32.2. The Balaban J connectivity index is 1.80. The molecule has 25 heavy (non-hydrogen) atoms. The van der Waals surface area contributed by atoms with Gasteiger partial charge in [-0.15, -0.1) is 0 Å². The molecule has 8 heteroatoms. The monoisotopic (exact) mass is 359 g/mol. The average molecular weight is 359 g/mol. The van der Waals surface area contributed by atoms with Crippen molar-refractivity contribution in [2.24, 2.45) is 5.14 Å². The summed E-state index contributed by atoms with van der Waals surface area (Å²) in [5.74, 6) is -0.0316. The molecule has 0 radical (unpaired) electrons. The van der Waals surface area contributed by atoms with Crippen molar-refractivity contribution in [1.29, 1.82) is 0 Å². The van der Waals surface area contributed by atoms with Crippen LogP contribution in [0.1, 0.15) is 17.3 Å². The molecule has 2 aromatic carbocycles. The van der Waals surface area contributed by atoms with Crippen LogP contribution in [0.3, 0.4) is 0 Å². The number of nitrogens with zero attached hydrogens (tertiary/aromatic N) is 2. The van der Waals surface area contributed by atoms with E-state index in [2.05, 4.69) is 0 Å². The van der Waals surface area contributed by atoms with Crippen molar-refractivity contribution in [1.82, 2.24) is 0 Å². The zero-order chi connectivity index (χ0) is 18.2. The van der Waals surface area contributed by atoms with Gasteiger partial charge in [0.15, 0.2) is 5.78 Å². The van der Waals surface area contributed by atoms with Gasteiger partial charge in [-0.2, -0.15) is 0 Å². The Bertz CT molecular complexity index is 921. The van der Waals surface area contributed by atoms with E-state index in [0.717, 1.165) is 0 Å². The van der Waals surface area contributed by atoms with E-state index >= 15 is 0 Å². The maximum Gasteiger partial charge on any atom is 0.329 e. The standard InChI is InChI=1S/C17H17N3O4S/c1-12(21)13-2-4-14(5-3-13)19-10-11-20(17(19)22)15-6-8-16(9-7-15)25(18,23)24/h2-9H,10-11H2,1H3,(H2,18,23,24). The lowest BCUT2D eigenvalue weighted by molar-refractivity contribution is 0.101. The summed E-state index contributed by atoms with van der Waals surface area (Å²) in [7, 11) is -3.76. The number of primary sulfonamides is 1. The molecule has 3 rings (SSSR count). The van der Waals surface area contributed by atoms with Crippen LogP contribution in [-0.2, 0) is 10.0 Å². The largest absolute Gasteiger partial charge is 0.329 e. The summed E-state index contributed by atoms with van der Waals surface area (Å²) in [5, 5.41) is 5.08. The van der Waals surface area contributed by atoms with Crippen molar-refractivity contribution in [2.45, 2.75) is 11.8 Å². The van der Waals surface area contributed by atoms with Crippen molar-refractivity contribution < 1.29 is 18.0 Å². The highest BCUT2D eigenvalue weighted by molar-refractivity contribution is 7.89. The summed E-state index contributed by atoms with van der Waals surface area (Å²) in [6.07, 6.45) is 0. The highest BCUT2D eigenvalue weighted by Crippen LogP contribution is 2.26. The Morgan fingerprint density at radius 3 is 1.76 bits per heavy atom. The van der Waals surface area contributed by atoms with Gasteiger partial charge in [0.2, 0.25) is 10.0 Å². The molecule has 0 aliphatic carbocycles. The molecular weight excluding hydrogens is 342 g/mol. The summed E-state index contributed by atoms with van der Waals surface area (Å²) in [6, 6.07) is 12.5. The summed E-state index contributed by atoms with van der Waals surface area (Å²) < 4.78 is 22.6. The van der Waals surface area contributed by atoms with Crippen molar-refractivity contribution in [3.63, 3.8) is 0 Å². The predicted molar refractivity (Wildman–Crippen MR) is 94.3 cm³/mol. The van der Waals surface area contributed by atoms with Gasteiger partial charge < -0.3 is 0 Å². The maximum absolute atomic E-state index is 12.6. The number of carbonyl (C=O) groups is 2. The van der Waals surface area contributed by atoms with E-state index in [4.69, 9.17) is 5.14 Å². The van der Waals surface area contributed by atoms with Gasteiger partial charge in [0.05, 0.1) is 4.90 Å². The molecule has 0 saturated carbocycles. The van der Waals surface area contributed by atoms with E-state index in [1.807, 2.05) is 0 Å². The number of nitrogens with two attached hydrogens (primary N) is 1. The second-order valence-corrected chi connectivity index (χ2v) is 7.29. The van der Waals surface area contributed by atoms with Crippen LogP contribution in [-0.4, -0.2) is 33.3 Å². The SMILES string of the molecule is CC(=O)c1ccc(N2CCN(c3ccc(S(N)(=O)=O)cc3)C2=O)cc1. The number of anilines is 2. The molecule has 0 spiro atoms. The number of urea groups is 1. The second kappa shape index (κ2) is 6.30. The van der Waals surface area contributed by atoms with Gasteiger partial charge in [0.25, 0.3) is 0 Å². The summed E-state index contributed by atoms with van der Waals surface area (Å²) in [5.41, 5.74) is 1.89. The van der Waals surface area contributed by atoms with Gasteiger partial charge in [-0.1, -0.05) is 0 Å². The molecule has 1 fully saturated rings. The fourth-order valence-corrected chi connectivity index (χ4v) is 3.22. The lowest BCUT2D eigenvalue weighted by atomic mass is 10.1. The van der Waals surface area contributed by atoms with Gasteiger partial charge in [0.1, 0.15) is 0 Å². The topological polar surface area (TPSA) is 101 Å². The van der Waals surface area contributed by atoms with E-state index in [1.54, 1.807) is 46.2 Å². The number of rotatable bonds is 4. The molecule has 1 heterocycles. The molecular formula is C17H17N3O4S. The lowest BCUT2D eigenvalue weighted by Crippen LogP contribution is -2.31. The number of amides is 2. The third-order valence-electron chi connectivity index (χ3n) is 4.07. The minimum absolute atomic E-state index is 0.000395. The first-order chi connectivity index (χ1) is 11.8. The minimum atomic E-state index is -3.76. The van der Waals surface area contributed by atoms with Crippen molar-refractivity contribution in [3.05, 3.63) is 54.1 Å². The first-order valence-electron chi connectivity index (χ1n) is 7.60. The summed E-state index contributed by atoms with van der Waals surface area (Å²) in [4.78, 5) is 27.2. The maximum atomic E-state index is 12.6.